The van der Waals surface area contributed by atoms with Crippen LogP contribution in [0, 0.1) is 0 Å². The number of aliphatic hydroxyl groups excluding tert-OH is 1. The van der Waals surface area contributed by atoms with Crippen molar-refractivity contribution < 1.29 is 19.2 Å². The monoisotopic (exact) mass is 310 g/mol. The van der Waals surface area contributed by atoms with Crippen molar-refractivity contribution in [2.75, 3.05) is 0 Å². The third kappa shape index (κ3) is 3.61. The summed E-state index contributed by atoms with van der Waals surface area (Å²) in [5.74, 6) is 0.182. The molecule has 3 aromatic rings. The van der Waals surface area contributed by atoms with Crippen molar-refractivity contribution in [2.24, 2.45) is 0 Å². The predicted molar refractivity (Wildman–Crippen MR) is 81.2 cm³/mol. The van der Waals surface area contributed by atoms with E-state index in [1.54, 1.807) is 24.3 Å². The summed E-state index contributed by atoms with van der Waals surface area (Å²) in [7, 11) is 0. The minimum absolute atomic E-state index is 0.0699. The van der Waals surface area contributed by atoms with Gasteiger partial charge in [-0.3, -0.25) is 0 Å². The fourth-order valence-electron chi connectivity index (χ4n) is 1.97. The van der Waals surface area contributed by atoms with Crippen molar-refractivity contribution >= 4 is 5.97 Å². The van der Waals surface area contributed by atoms with Gasteiger partial charge in [0.1, 0.15) is 0 Å². The highest BCUT2D eigenvalue weighted by Gasteiger charge is 2.12. The molecular weight excluding hydrogens is 296 g/mol. The molecule has 2 aromatic carbocycles. The second-order valence-corrected chi connectivity index (χ2v) is 4.81. The Hall–Kier alpha value is -2.99. The molecule has 0 bridgehead atoms. The Kier molecular flexibility index (Phi) is 4.44. The van der Waals surface area contributed by atoms with E-state index in [9.17, 15) is 4.79 Å². The van der Waals surface area contributed by atoms with Gasteiger partial charge in [-0.1, -0.05) is 47.6 Å². The molecule has 23 heavy (non-hydrogen) atoms. The highest BCUT2D eigenvalue weighted by molar-refractivity contribution is 5.89. The quantitative estimate of drug-likeness (QED) is 0.729. The van der Waals surface area contributed by atoms with Gasteiger partial charge >= 0.3 is 5.97 Å². The maximum Gasteiger partial charge on any atom is 0.338 e. The van der Waals surface area contributed by atoms with Gasteiger partial charge < -0.3 is 14.4 Å². The zero-order chi connectivity index (χ0) is 16.1. The van der Waals surface area contributed by atoms with Gasteiger partial charge in [0.05, 0.1) is 12.2 Å². The Morgan fingerprint density at radius 3 is 2.52 bits per heavy atom. The SMILES string of the molecule is O=C(OCc1nc(-c2ccccc2)no1)c1ccc(CO)cc1. The van der Waals surface area contributed by atoms with Crippen LogP contribution in [0.5, 0.6) is 0 Å². The third-order valence-corrected chi connectivity index (χ3v) is 3.20. The van der Waals surface area contributed by atoms with Gasteiger partial charge in [0.25, 0.3) is 5.89 Å². The number of hydrogen-bond donors (Lipinski definition) is 1. The zero-order valence-electron chi connectivity index (χ0n) is 12.2. The maximum atomic E-state index is 11.9. The van der Waals surface area contributed by atoms with Crippen LogP contribution in [0.25, 0.3) is 11.4 Å². The van der Waals surface area contributed by atoms with E-state index < -0.39 is 5.97 Å². The molecule has 6 nitrogen and oxygen atoms in total. The minimum atomic E-state index is -0.492. The summed E-state index contributed by atoms with van der Waals surface area (Å²) in [5.41, 5.74) is 1.95. The number of carbonyl (C=O) groups excluding carboxylic acids is 1. The molecule has 3 rings (SSSR count). The lowest BCUT2D eigenvalue weighted by atomic mass is 10.1. The zero-order valence-corrected chi connectivity index (χ0v) is 12.2. The van der Waals surface area contributed by atoms with Gasteiger partial charge in [-0.2, -0.15) is 4.98 Å². The van der Waals surface area contributed by atoms with Gasteiger partial charge in [-0.15, -0.1) is 0 Å². The second kappa shape index (κ2) is 6.85. The summed E-state index contributed by atoms with van der Waals surface area (Å²) in [6, 6.07) is 15.9. The average molecular weight is 310 g/mol. The molecule has 0 aliphatic carbocycles. The molecule has 0 saturated heterocycles. The minimum Gasteiger partial charge on any atom is -0.452 e. The number of carbonyl (C=O) groups is 1. The Balaban J connectivity index is 1.62. The lowest BCUT2D eigenvalue weighted by Crippen LogP contribution is -2.05. The summed E-state index contributed by atoms with van der Waals surface area (Å²) < 4.78 is 10.2. The van der Waals surface area contributed by atoms with Gasteiger partial charge in [-0.05, 0) is 17.7 Å². The van der Waals surface area contributed by atoms with Crippen LogP contribution < -0.4 is 0 Å². The van der Waals surface area contributed by atoms with Crippen LogP contribution >= 0.6 is 0 Å². The number of benzene rings is 2. The molecule has 116 valence electrons. The van der Waals surface area contributed by atoms with Crippen LogP contribution in [0.2, 0.25) is 0 Å². The molecule has 1 heterocycles. The van der Waals surface area contributed by atoms with Crippen LogP contribution in [0.1, 0.15) is 21.8 Å². The van der Waals surface area contributed by atoms with Crippen molar-refractivity contribution in [3.8, 4) is 11.4 Å². The van der Waals surface area contributed by atoms with Gasteiger partial charge in [-0.25, -0.2) is 4.79 Å². The lowest BCUT2D eigenvalue weighted by Gasteiger charge is -2.02. The number of nitrogens with zero attached hydrogens (tertiary/aromatic N) is 2. The molecule has 1 N–H and O–H groups in total. The first-order chi connectivity index (χ1) is 11.3. The standard InChI is InChI=1S/C17H14N2O4/c20-10-12-6-8-14(9-7-12)17(21)22-11-15-18-16(19-23-15)13-4-2-1-3-5-13/h1-9,20H,10-11H2. The molecule has 0 atom stereocenters. The van der Waals surface area contributed by atoms with E-state index in [-0.39, 0.29) is 19.1 Å². The molecule has 0 saturated carbocycles. The van der Waals surface area contributed by atoms with Crippen molar-refractivity contribution in [3.63, 3.8) is 0 Å². The summed E-state index contributed by atoms with van der Waals surface area (Å²) >= 11 is 0. The highest BCUT2D eigenvalue weighted by Crippen LogP contribution is 2.15. The summed E-state index contributed by atoms with van der Waals surface area (Å²) in [6.07, 6.45) is 0. The first kappa shape index (κ1) is 14.9. The van der Waals surface area contributed by atoms with E-state index in [0.717, 1.165) is 11.1 Å². The number of hydrogen-bond acceptors (Lipinski definition) is 6. The molecule has 1 aromatic heterocycles. The summed E-state index contributed by atoms with van der Waals surface area (Å²) in [5, 5.41) is 12.8. The molecule has 0 fully saturated rings. The highest BCUT2D eigenvalue weighted by atomic mass is 16.6. The van der Waals surface area contributed by atoms with E-state index in [0.29, 0.717) is 11.4 Å². The molecular formula is C17H14N2O4. The van der Waals surface area contributed by atoms with Crippen LogP contribution in [-0.4, -0.2) is 21.2 Å². The van der Waals surface area contributed by atoms with Crippen molar-refractivity contribution in [2.45, 2.75) is 13.2 Å². The van der Waals surface area contributed by atoms with Gasteiger partial charge in [0.2, 0.25) is 5.82 Å². The second-order valence-electron chi connectivity index (χ2n) is 4.81. The predicted octanol–water partition coefficient (Wildman–Crippen LogP) is 2.59. The summed E-state index contributed by atoms with van der Waals surface area (Å²) in [6.45, 7) is -0.167. The Bertz CT molecular complexity index is 782. The van der Waals surface area contributed by atoms with Gasteiger partial charge in [0, 0.05) is 5.56 Å². The molecule has 6 heteroatoms. The summed E-state index contributed by atoms with van der Waals surface area (Å²) in [4.78, 5) is 16.1. The number of aliphatic hydroxyl groups is 1. The first-order valence-electron chi connectivity index (χ1n) is 7.01. The third-order valence-electron chi connectivity index (χ3n) is 3.20. The maximum absolute atomic E-state index is 11.9. The average Bonchev–Trinajstić information content (AvgIpc) is 3.09. The fraction of sp³-hybridized carbons (Fsp3) is 0.118. The normalized spacial score (nSPS) is 10.5. The van der Waals surface area contributed by atoms with E-state index in [1.165, 1.54) is 0 Å². The Morgan fingerprint density at radius 1 is 1.09 bits per heavy atom. The van der Waals surface area contributed by atoms with E-state index in [2.05, 4.69) is 10.1 Å². The van der Waals surface area contributed by atoms with Crippen molar-refractivity contribution in [1.29, 1.82) is 0 Å². The lowest BCUT2D eigenvalue weighted by molar-refractivity contribution is 0.0429. The molecule has 0 aliphatic rings. The topological polar surface area (TPSA) is 85.5 Å². The Morgan fingerprint density at radius 2 is 1.83 bits per heavy atom. The van der Waals surface area contributed by atoms with Gasteiger partial charge in [0.15, 0.2) is 6.61 Å². The fourth-order valence-corrected chi connectivity index (χ4v) is 1.97. The van der Waals surface area contributed by atoms with E-state index >= 15 is 0 Å². The Labute approximate surface area is 132 Å². The molecule has 0 unspecified atom stereocenters. The van der Waals surface area contributed by atoms with Crippen molar-refractivity contribution in [3.05, 3.63) is 71.6 Å². The molecule has 0 aliphatic heterocycles. The smallest absolute Gasteiger partial charge is 0.338 e. The van der Waals surface area contributed by atoms with Crippen LogP contribution in [0.4, 0.5) is 0 Å². The molecule has 0 amide bonds. The number of rotatable bonds is 5. The first-order valence-corrected chi connectivity index (χ1v) is 7.01. The largest absolute Gasteiger partial charge is 0.452 e. The van der Waals surface area contributed by atoms with Crippen LogP contribution in [0.15, 0.2) is 59.1 Å². The van der Waals surface area contributed by atoms with E-state index in [4.69, 9.17) is 14.4 Å². The molecule has 0 spiro atoms. The number of esters is 1. The van der Waals surface area contributed by atoms with Crippen LogP contribution in [0.3, 0.4) is 0 Å². The van der Waals surface area contributed by atoms with Crippen molar-refractivity contribution in [1.82, 2.24) is 10.1 Å². The van der Waals surface area contributed by atoms with Crippen LogP contribution in [-0.2, 0) is 18.0 Å². The number of aromatic nitrogens is 2. The molecule has 0 radical (unpaired) electrons. The number of ether oxygens (including phenoxy) is 1. The van der Waals surface area contributed by atoms with E-state index in [1.807, 2.05) is 30.3 Å².